The van der Waals surface area contributed by atoms with Crippen LogP contribution in [0.3, 0.4) is 0 Å². The molecule has 0 radical (unpaired) electrons. The molecule has 114 valence electrons. The summed E-state index contributed by atoms with van der Waals surface area (Å²) >= 11 is 0. The van der Waals surface area contributed by atoms with Crippen LogP contribution in [0.5, 0.6) is 0 Å². The molecule has 0 saturated carbocycles. The van der Waals surface area contributed by atoms with Gasteiger partial charge in [0.2, 0.25) is 10.0 Å². The van der Waals surface area contributed by atoms with E-state index in [-0.39, 0.29) is 17.9 Å². The van der Waals surface area contributed by atoms with Gasteiger partial charge in [-0.25, -0.2) is 22.5 Å². The standard InChI is InChI=1S/C13H17N3O4S/c1-9-14-11-8-10(13(17)18)4-5-12(11)16(9)6-7-21(19,20)15(2)3/h4-5,8H,6-7H2,1-3H3,(H,17,18). The van der Waals surface area contributed by atoms with E-state index >= 15 is 0 Å². The van der Waals surface area contributed by atoms with Crippen molar-refractivity contribution in [2.75, 3.05) is 19.8 Å². The molecule has 2 rings (SSSR count). The highest BCUT2D eigenvalue weighted by Gasteiger charge is 2.16. The van der Waals surface area contributed by atoms with Gasteiger partial charge in [-0.05, 0) is 25.1 Å². The number of rotatable bonds is 5. The van der Waals surface area contributed by atoms with Gasteiger partial charge in [0.25, 0.3) is 0 Å². The van der Waals surface area contributed by atoms with Gasteiger partial charge in [0.05, 0.1) is 22.3 Å². The van der Waals surface area contributed by atoms with Crippen LogP contribution in [0, 0.1) is 6.92 Å². The molecule has 0 unspecified atom stereocenters. The van der Waals surface area contributed by atoms with Crippen LogP contribution < -0.4 is 0 Å². The highest BCUT2D eigenvalue weighted by Crippen LogP contribution is 2.18. The molecule has 0 fully saturated rings. The van der Waals surface area contributed by atoms with Crippen molar-refractivity contribution in [2.24, 2.45) is 0 Å². The molecule has 1 heterocycles. The number of fused-ring (bicyclic) bond motifs is 1. The highest BCUT2D eigenvalue weighted by molar-refractivity contribution is 7.89. The Labute approximate surface area is 122 Å². The summed E-state index contributed by atoms with van der Waals surface area (Å²) in [6, 6.07) is 4.63. The first-order valence-electron chi connectivity index (χ1n) is 6.33. The largest absolute Gasteiger partial charge is 0.478 e. The van der Waals surface area contributed by atoms with Crippen LogP contribution in [0.15, 0.2) is 18.2 Å². The Bertz CT molecular complexity index is 793. The van der Waals surface area contributed by atoms with Crippen LogP contribution >= 0.6 is 0 Å². The fraction of sp³-hybridized carbons (Fsp3) is 0.385. The van der Waals surface area contributed by atoms with Gasteiger partial charge in [-0.2, -0.15) is 0 Å². The van der Waals surface area contributed by atoms with Crippen LogP contribution in [-0.4, -0.2) is 53.2 Å². The molecule has 0 aliphatic carbocycles. The number of aryl methyl sites for hydroxylation is 2. The summed E-state index contributed by atoms with van der Waals surface area (Å²) in [4.78, 5) is 15.2. The SMILES string of the molecule is Cc1nc2cc(C(=O)O)ccc2n1CCS(=O)(=O)N(C)C. The van der Waals surface area contributed by atoms with Crippen molar-refractivity contribution in [1.29, 1.82) is 0 Å². The maximum Gasteiger partial charge on any atom is 0.335 e. The number of hydrogen-bond donors (Lipinski definition) is 1. The lowest BCUT2D eigenvalue weighted by molar-refractivity contribution is 0.0697. The molecular formula is C13H17N3O4S. The first-order valence-corrected chi connectivity index (χ1v) is 7.93. The molecule has 2 aromatic rings. The predicted molar refractivity (Wildman–Crippen MR) is 78.9 cm³/mol. The maximum atomic E-state index is 11.8. The summed E-state index contributed by atoms with van der Waals surface area (Å²) in [5.74, 6) is -0.395. The van der Waals surface area contributed by atoms with E-state index in [1.165, 1.54) is 30.5 Å². The average molecular weight is 311 g/mol. The van der Waals surface area contributed by atoms with Crippen molar-refractivity contribution >= 4 is 27.0 Å². The number of aromatic nitrogens is 2. The molecule has 21 heavy (non-hydrogen) atoms. The van der Waals surface area contributed by atoms with E-state index in [9.17, 15) is 13.2 Å². The lowest BCUT2D eigenvalue weighted by Crippen LogP contribution is -2.27. The monoisotopic (exact) mass is 311 g/mol. The number of carboxylic acids is 1. The quantitative estimate of drug-likeness (QED) is 0.887. The summed E-state index contributed by atoms with van der Waals surface area (Å²) in [7, 11) is -0.304. The lowest BCUT2D eigenvalue weighted by Gasteiger charge is -2.12. The van der Waals surface area contributed by atoms with Gasteiger partial charge in [-0.15, -0.1) is 0 Å². The Balaban J connectivity index is 2.37. The molecule has 7 nitrogen and oxygen atoms in total. The van der Waals surface area contributed by atoms with Gasteiger partial charge in [0.1, 0.15) is 5.82 Å². The van der Waals surface area contributed by atoms with Gasteiger partial charge in [-0.1, -0.05) is 0 Å². The Morgan fingerprint density at radius 1 is 1.38 bits per heavy atom. The number of aromatic carboxylic acids is 1. The molecule has 0 aliphatic rings. The molecule has 0 amide bonds. The van der Waals surface area contributed by atoms with Crippen LogP contribution in [0.25, 0.3) is 11.0 Å². The number of nitrogens with zero attached hydrogens (tertiary/aromatic N) is 3. The van der Waals surface area contributed by atoms with E-state index in [2.05, 4.69) is 4.98 Å². The van der Waals surface area contributed by atoms with Crippen LogP contribution in [-0.2, 0) is 16.6 Å². The lowest BCUT2D eigenvalue weighted by atomic mass is 10.2. The van der Waals surface area contributed by atoms with Crippen molar-refractivity contribution in [3.63, 3.8) is 0 Å². The third-order valence-corrected chi connectivity index (χ3v) is 5.13. The van der Waals surface area contributed by atoms with Crippen LogP contribution in [0.2, 0.25) is 0 Å². The number of carboxylic acid groups (broad SMARTS) is 1. The van der Waals surface area contributed by atoms with Crippen molar-refractivity contribution in [2.45, 2.75) is 13.5 Å². The maximum absolute atomic E-state index is 11.8. The Morgan fingerprint density at radius 3 is 2.62 bits per heavy atom. The number of sulfonamides is 1. The molecule has 0 bridgehead atoms. The Morgan fingerprint density at radius 2 is 2.05 bits per heavy atom. The second-order valence-electron chi connectivity index (χ2n) is 4.92. The number of carbonyl (C=O) groups is 1. The number of hydrogen-bond acceptors (Lipinski definition) is 4. The van der Waals surface area contributed by atoms with Crippen LogP contribution in [0.1, 0.15) is 16.2 Å². The first kappa shape index (κ1) is 15.5. The fourth-order valence-corrected chi connectivity index (χ4v) is 2.83. The van der Waals surface area contributed by atoms with Crippen molar-refractivity contribution < 1.29 is 18.3 Å². The smallest absolute Gasteiger partial charge is 0.335 e. The molecule has 0 spiro atoms. The minimum Gasteiger partial charge on any atom is -0.478 e. The van der Waals surface area contributed by atoms with Gasteiger partial charge in [0, 0.05) is 20.6 Å². The third-order valence-electron chi connectivity index (χ3n) is 3.32. The Kier molecular flexibility index (Phi) is 4.02. The zero-order valence-electron chi connectivity index (χ0n) is 12.1. The minimum absolute atomic E-state index is 0.0347. The average Bonchev–Trinajstić information content (AvgIpc) is 2.70. The molecule has 1 aromatic carbocycles. The second-order valence-corrected chi connectivity index (χ2v) is 7.22. The van der Waals surface area contributed by atoms with E-state index in [0.717, 1.165) is 5.52 Å². The second kappa shape index (κ2) is 5.45. The zero-order valence-corrected chi connectivity index (χ0v) is 12.9. The van der Waals surface area contributed by atoms with E-state index in [1.54, 1.807) is 17.6 Å². The molecule has 0 aliphatic heterocycles. The molecule has 0 atom stereocenters. The summed E-state index contributed by atoms with van der Waals surface area (Å²) in [5.41, 5.74) is 1.44. The molecule has 8 heteroatoms. The van der Waals surface area contributed by atoms with Gasteiger partial charge in [0.15, 0.2) is 0 Å². The van der Waals surface area contributed by atoms with E-state index in [1.807, 2.05) is 0 Å². The van der Waals surface area contributed by atoms with Gasteiger partial charge < -0.3 is 9.67 Å². The summed E-state index contributed by atoms with van der Waals surface area (Å²) < 4.78 is 26.6. The molecular weight excluding hydrogens is 294 g/mol. The van der Waals surface area contributed by atoms with Gasteiger partial charge in [-0.3, -0.25) is 0 Å². The number of benzene rings is 1. The first-order chi connectivity index (χ1) is 9.72. The minimum atomic E-state index is -3.29. The normalized spacial score (nSPS) is 12.2. The summed E-state index contributed by atoms with van der Waals surface area (Å²) in [5, 5.41) is 8.97. The third kappa shape index (κ3) is 3.06. The summed E-state index contributed by atoms with van der Waals surface area (Å²) in [6.45, 7) is 2.04. The summed E-state index contributed by atoms with van der Waals surface area (Å²) in [6.07, 6.45) is 0. The number of imidazole rings is 1. The highest BCUT2D eigenvalue weighted by atomic mass is 32.2. The molecule has 1 aromatic heterocycles. The van der Waals surface area contributed by atoms with E-state index in [0.29, 0.717) is 11.3 Å². The molecule has 0 saturated heterocycles. The molecule has 1 N–H and O–H groups in total. The van der Waals surface area contributed by atoms with Crippen molar-refractivity contribution in [1.82, 2.24) is 13.9 Å². The van der Waals surface area contributed by atoms with Crippen molar-refractivity contribution in [3.05, 3.63) is 29.6 Å². The van der Waals surface area contributed by atoms with Crippen LogP contribution in [0.4, 0.5) is 0 Å². The zero-order chi connectivity index (χ0) is 15.8. The van der Waals surface area contributed by atoms with E-state index in [4.69, 9.17) is 5.11 Å². The predicted octanol–water partition coefficient (Wildman–Crippen LogP) is 0.934. The Hall–Kier alpha value is -1.93. The topological polar surface area (TPSA) is 92.5 Å². The fourth-order valence-electron chi connectivity index (χ4n) is 2.05. The van der Waals surface area contributed by atoms with Gasteiger partial charge >= 0.3 is 5.97 Å². The van der Waals surface area contributed by atoms with E-state index < -0.39 is 16.0 Å². The van der Waals surface area contributed by atoms with Crippen molar-refractivity contribution in [3.8, 4) is 0 Å².